The van der Waals surface area contributed by atoms with E-state index in [1.807, 2.05) is 57.2 Å². The molecule has 0 unspecified atom stereocenters. The topological polar surface area (TPSA) is 86.8 Å². The molecule has 0 heterocycles. The fourth-order valence-electron chi connectivity index (χ4n) is 6.26. The number of anilines is 1. The molecule has 0 saturated heterocycles. The van der Waals surface area contributed by atoms with Crippen molar-refractivity contribution in [2.45, 2.75) is 82.8 Å². The molecule has 7 nitrogen and oxygen atoms in total. The third kappa shape index (κ3) is 8.31. The maximum Gasteiger partial charge on any atom is 0.264 e. The second kappa shape index (κ2) is 15.6. The average Bonchev–Trinajstić information content (AvgIpc) is 3.08. The van der Waals surface area contributed by atoms with E-state index < -0.39 is 34.3 Å². The van der Waals surface area contributed by atoms with Gasteiger partial charge in [0.05, 0.1) is 10.6 Å². The number of aryl methyl sites for hydroxylation is 2. The van der Waals surface area contributed by atoms with Crippen molar-refractivity contribution in [3.05, 3.63) is 131 Å². The van der Waals surface area contributed by atoms with Crippen LogP contribution in [0.15, 0.2) is 102 Å². The van der Waals surface area contributed by atoms with Gasteiger partial charge in [0.1, 0.15) is 18.4 Å². The first-order chi connectivity index (χ1) is 23.0. The summed E-state index contributed by atoms with van der Waals surface area (Å²) in [5.41, 5.74) is 3.88. The zero-order valence-corrected chi connectivity index (χ0v) is 28.7. The fraction of sp³-hybridized carbons (Fsp3) is 0.333. The quantitative estimate of drug-likeness (QED) is 0.176. The second-order valence-corrected chi connectivity index (χ2v) is 14.6. The van der Waals surface area contributed by atoms with Gasteiger partial charge in [-0.05, 0) is 74.6 Å². The molecule has 4 aromatic carbocycles. The van der Waals surface area contributed by atoms with Crippen molar-refractivity contribution in [2.24, 2.45) is 0 Å². The minimum absolute atomic E-state index is 0.0247. The first kappa shape index (κ1) is 34.8. The van der Waals surface area contributed by atoms with Crippen LogP contribution in [0.25, 0.3) is 0 Å². The SMILES string of the molecule is Cc1ccc(S(=O)(=O)N(CC(=O)N(Cc2ccccc2F)[C@H](Cc2ccccc2)C(=O)NC2CCCCC2)c2cccc(C)c2C)cc1. The molecule has 4 aromatic rings. The van der Waals surface area contributed by atoms with Gasteiger partial charge in [-0.15, -0.1) is 0 Å². The van der Waals surface area contributed by atoms with Crippen LogP contribution in [-0.2, 0) is 32.6 Å². The van der Waals surface area contributed by atoms with E-state index in [1.165, 1.54) is 23.1 Å². The van der Waals surface area contributed by atoms with Crippen molar-refractivity contribution < 1.29 is 22.4 Å². The van der Waals surface area contributed by atoms with E-state index >= 15 is 4.39 Å². The van der Waals surface area contributed by atoms with E-state index in [0.29, 0.717) is 11.3 Å². The predicted octanol–water partition coefficient (Wildman–Crippen LogP) is 7.04. The minimum Gasteiger partial charge on any atom is -0.352 e. The monoisotopic (exact) mass is 669 g/mol. The molecule has 0 aromatic heterocycles. The van der Waals surface area contributed by atoms with Crippen molar-refractivity contribution in [2.75, 3.05) is 10.8 Å². The summed E-state index contributed by atoms with van der Waals surface area (Å²) < 4.78 is 45.0. The zero-order chi connectivity index (χ0) is 34.3. The van der Waals surface area contributed by atoms with Gasteiger partial charge in [-0.25, -0.2) is 12.8 Å². The lowest BCUT2D eigenvalue weighted by molar-refractivity contribution is -0.140. The van der Waals surface area contributed by atoms with Crippen LogP contribution >= 0.6 is 0 Å². The maximum atomic E-state index is 15.2. The highest BCUT2D eigenvalue weighted by atomic mass is 32.2. The van der Waals surface area contributed by atoms with E-state index in [0.717, 1.165) is 53.1 Å². The standard InChI is InChI=1S/C39H44FN3O4S/c1-28-21-23-34(24-22-28)48(46,47)43(36-20-12-13-29(2)30(36)3)27-38(44)42(26-32-16-10-11-19-35(32)40)37(25-31-14-6-4-7-15-31)39(45)41-33-17-8-5-9-18-33/h4,6-7,10-16,19-24,33,37H,5,8-9,17-18,25-27H2,1-3H3,(H,41,45)/t37-/m1/s1. The minimum atomic E-state index is -4.24. The third-order valence-corrected chi connectivity index (χ3v) is 11.0. The predicted molar refractivity (Wildman–Crippen MR) is 188 cm³/mol. The van der Waals surface area contributed by atoms with E-state index in [-0.39, 0.29) is 35.4 Å². The average molecular weight is 670 g/mol. The molecule has 1 aliphatic rings. The van der Waals surface area contributed by atoms with Gasteiger partial charge >= 0.3 is 0 Å². The van der Waals surface area contributed by atoms with Crippen LogP contribution < -0.4 is 9.62 Å². The summed E-state index contributed by atoms with van der Waals surface area (Å²) in [6.45, 7) is 4.77. The van der Waals surface area contributed by atoms with E-state index in [1.54, 1.807) is 42.5 Å². The summed E-state index contributed by atoms with van der Waals surface area (Å²) in [5.74, 6) is -1.47. The molecule has 1 fully saturated rings. The number of amides is 2. The highest BCUT2D eigenvalue weighted by Gasteiger charge is 2.36. The van der Waals surface area contributed by atoms with Crippen molar-refractivity contribution >= 4 is 27.5 Å². The highest BCUT2D eigenvalue weighted by Crippen LogP contribution is 2.30. The van der Waals surface area contributed by atoms with Gasteiger partial charge in [0.25, 0.3) is 10.0 Å². The van der Waals surface area contributed by atoms with Gasteiger partial charge in [-0.2, -0.15) is 0 Å². The molecule has 1 N–H and O–H groups in total. The van der Waals surface area contributed by atoms with Crippen LogP contribution in [0.4, 0.5) is 10.1 Å². The Morgan fingerprint density at radius 2 is 1.50 bits per heavy atom. The number of nitrogens with one attached hydrogen (secondary N) is 1. The molecule has 1 aliphatic carbocycles. The summed E-state index contributed by atoms with van der Waals surface area (Å²) in [7, 11) is -4.24. The Kier molecular flexibility index (Phi) is 11.3. The normalized spacial score (nSPS) is 14.2. The molecule has 0 bridgehead atoms. The molecule has 9 heteroatoms. The van der Waals surface area contributed by atoms with Gasteiger partial charge in [-0.3, -0.25) is 13.9 Å². The van der Waals surface area contributed by atoms with E-state index in [2.05, 4.69) is 5.32 Å². The first-order valence-corrected chi connectivity index (χ1v) is 18.0. The first-order valence-electron chi connectivity index (χ1n) is 16.6. The summed E-state index contributed by atoms with van der Waals surface area (Å²) >= 11 is 0. The smallest absolute Gasteiger partial charge is 0.264 e. The Morgan fingerprint density at radius 3 is 2.19 bits per heavy atom. The van der Waals surface area contributed by atoms with Gasteiger partial charge in [0, 0.05) is 24.6 Å². The second-order valence-electron chi connectivity index (χ2n) is 12.7. The maximum absolute atomic E-state index is 15.2. The van der Waals surface area contributed by atoms with Crippen LogP contribution in [0.1, 0.15) is 59.9 Å². The molecule has 5 rings (SSSR count). The number of nitrogens with zero attached hydrogens (tertiary/aromatic N) is 2. The van der Waals surface area contributed by atoms with Crippen LogP contribution in [0.2, 0.25) is 0 Å². The molecule has 2 amide bonds. The summed E-state index contributed by atoms with van der Waals surface area (Å²) in [6.07, 6.45) is 5.00. The molecule has 0 aliphatic heterocycles. The molecule has 1 atom stereocenters. The number of hydrogen-bond donors (Lipinski definition) is 1. The van der Waals surface area contributed by atoms with Crippen LogP contribution in [0.3, 0.4) is 0 Å². The number of benzene rings is 4. The van der Waals surface area contributed by atoms with Crippen LogP contribution in [0, 0.1) is 26.6 Å². The lowest BCUT2D eigenvalue weighted by Gasteiger charge is -2.35. The van der Waals surface area contributed by atoms with E-state index in [9.17, 15) is 18.0 Å². The van der Waals surface area contributed by atoms with Crippen LogP contribution in [-0.4, -0.2) is 43.8 Å². The summed E-state index contributed by atoms with van der Waals surface area (Å²) in [6, 6.07) is 26.3. The Balaban J connectivity index is 1.59. The summed E-state index contributed by atoms with van der Waals surface area (Å²) in [4.78, 5) is 30.3. The molecular weight excluding hydrogens is 626 g/mol. The van der Waals surface area contributed by atoms with Crippen molar-refractivity contribution in [3.8, 4) is 0 Å². The fourth-order valence-corrected chi connectivity index (χ4v) is 7.74. The number of sulfonamides is 1. The van der Waals surface area contributed by atoms with Gasteiger partial charge in [-0.1, -0.05) is 97.6 Å². The van der Waals surface area contributed by atoms with E-state index in [4.69, 9.17) is 0 Å². The molecule has 0 radical (unpaired) electrons. The largest absolute Gasteiger partial charge is 0.352 e. The Bertz CT molecular complexity index is 1820. The number of carbonyl (C=O) groups excluding carboxylic acids is 2. The summed E-state index contributed by atoms with van der Waals surface area (Å²) in [5, 5.41) is 3.18. The Morgan fingerprint density at radius 1 is 0.833 bits per heavy atom. The van der Waals surface area contributed by atoms with Crippen molar-refractivity contribution in [3.63, 3.8) is 0 Å². The molecule has 1 saturated carbocycles. The third-order valence-electron chi connectivity index (χ3n) is 9.25. The number of halogens is 1. The van der Waals surface area contributed by atoms with Gasteiger partial charge in [0.2, 0.25) is 11.8 Å². The lowest BCUT2D eigenvalue weighted by atomic mass is 9.94. The molecular formula is C39H44FN3O4S. The van der Waals surface area contributed by atoms with Crippen LogP contribution in [0.5, 0.6) is 0 Å². The number of carbonyl (C=O) groups is 2. The molecule has 0 spiro atoms. The Labute approximate surface area is 283 Å². The number of rotatable bonds is 12. The number of hydrogen-bond acceptors (Lipinski definition) is 4. The van der Waals surface area contributed by atoms with Crippen molar-refractivity contribution in [1.82, 2.24) is 10.2 Å². The molecule has 252 valence electrons. The zero-order valence-electron chi connectivity index (χ0n) is 27.9. The lowest BCUT2D eigenvalue weighted by Crippen LogP contribution is -2.55. The van der Waals surface area contributed by atoms with Gasteiger partial charge in [0.15, 0.2) is 0 Å². The van der Waals surface area contributed by atoms with Gasteiger partial charge < -0.3 is 10.2 Å². The van der Waals surface area contributed by atoms with Crippen molar-refractivity contribution in [1.29, 1.82) is 0 Å². The Hall–Kier alpha value is -4.50. The molecule has 48 heavy (non-hydrogen) atoms. The highest BCUT2D eigenvalue weighted by molar-refractivity contribution is 7.92.